The Hall–Kier alpha value is -1.80. The van der Waals surface area contributed by atoms with Crippen molar-refractivity contribution in [1.29, 1.82) is 0 Å². The van der Waals surface area contributed by atoms with Crippen molar-refractivity contribution in [2.75, 3.05) is 6.61 Å². The van der Waals surface area contributed by atoms with Gasteiger partial charge in [0.25, 0.3) is 0 Å². The average molecular weight is 287 g/mol. The lowest BCUT2D eigenvalue weighted by Crippen LogP contribution is -2.21. The second-order valence-electron chi connectivity index (χ2n) is 5.03. The number of hydrogen-bond acceptors (Lipinski definition) is 2. The standard InChI is InChI=1S/C17H15ClO2/c1-11-5-4-7-14(16(11)18)17(19)13-9-10-20-15-8-3-2-6-12(13)15/h2-8,13H,9-10H2,1H3. The topological polar surface area (TPSA) is 26.3 Å². The molecule has 0 amide bonds. The normalized spacial score (nSPS) is 17.2. The minimum Gasteiger partial charge on any atom is -0.493 e. The summed E-state index contributed by atoms with van der Waals surface area (Å²) in [5.74, 6) is 0.717. The smallest absolute Gasteiger partial charge is 0.172 e. The number of ether oxygens (including phenoxy) is 1. The number of aryl methyl sites for hydroxylation is 1. The first-order chi connectivity index (χ1) is 9.68. The average Bonchev–Trinajstić information content (AvgIpc) is 2.49. The molecule has 0 fully saturated rings. The van der Waals surface area contributed by atoms with Crippen LogP contribution in [0.25, 0.3) is 0 Å². The van der Waals surface area contributed by atoms with E-state index >= 15 is 0 Å². The molecule has 1 heterocycles. The largest absolute Gasteiger partial charge is 0.493 e. The number of carbonyl (C=O) groups is 1. The highest BCUT2D eigenvalue weighted by atomic mass is 35.5. The quantitative estimate of drug-likeness (QED) is 0.765. The molecule has 0 aliphatic carbocycles. The van der Waals surface area contributed by atoms with Crippen LogP contribution in [0.4, 0.5) is 0 Å². The lowest BCUT2D eigenvalue weighted by atomic mass is 9.86. The molecule has 2 nitrogen and oxygen atoms in total. The fraction of sp³-hybridized carbons (Fsp3) is 0.235. The molecule has 3 rings (SSSR count). The molecule has 102 valence electrons. The molecular weight excluding hydrogens is 272 g/mol. The Morgan fingerprint density at radius 3 is 2.85 bits per heavy atom. The second kappa shape index (κ2) is 5.29. The van der Waals surface area contributed by atoms with Crippen molar-refractivity contribution in [2.45, 2.75) is 19.3 Å². The number of para-hydroxylation sites is 1. The van der Waals surface area contributed by atoms with Gasteiger partial charge < -0.3 is 4.74 Å². The van der Waals surface area contributed by atoms with Crippen LogP contribution in [-0.4, -0.2) is 12.4 Å². The summed E-state index contributed by atoms with van der Waals surface area (Å²) in [6.07, 6.45) is 0.695. The van der Waals surface area contributed by atoms with Gasteiger partial charge in [0.1, 0.15) is 5.75 Å². The summed E-state index contributed by atoms with van der Waals surface area (Å²) in [5, 5.41) is 0.557. The fourth-order valence-electron chi connectivity index (χ4n) is 2.64. The summed E-state index contributed by atoms with van der Waals surface area (Å²) >= 11 is 6.28. The number of rotatable bonds is 2. The predicted molar refractivity (Wildman–Crippen MR) is 79.8 cm³/mol. The van der Waals surface area contributed by atoms with Crippen molar-refractivity contribution in [2.24, 2.45) is 0 Å². The van der Waals surface area contributed by atoms with Gasteiger partial charge in [-0.25, -0.2) is 0 Å². The number of halogens is 1. The fourth-order valence-corrected chi connectivity index (χ4v) is 2.86. The predicted octanol–water partition coefficient (Wildman–Crippen LogP) is 4.40. The molecule has 0 spiro atoms. The zero-order valence-corrected chi connectivity index (χ0v) is 12.0. The van der Waals surface area contributed by atoms with Gasteiger partial charge in [-0.3, -0.25) is 4.79 Å². The number of ketones is 1. The van der Waals surface area contributed by atoms with E-state index in [1.54, 1.807) is 6.07 Å². The number of hydrogen-bond donors (Lipinski definition) is 0. The van der Waals surface area contributed by atoms with E-state index in [1.165, 1.54) is 0 Å². The maximum atomic E-state index is 12.8. The molecule has 1 aliphatic heterocycles. The van der Waals surface area contributed by atoms with Crippen LogP contribution in [0.2, 0.25) is 5.02 Å². The molecule has 2 aromatic carbocycles. The molecule has 0 N–H and O–H groups in total. The van der Waals surface area contributed by atoms with Crippen LogP contribution < -0.4 is 4.74 Å². The van der Waals surface area contributed by atoms with E-state index in [-0.39, 0.29) is 11.7 Å². The molecule has 3 heteroatoms. The lowest BCUT2D eigenvalue weighted by Gasteiger charge is -2.25. The van der Waals surface area contributed by atoms with Gasteiger partial charge in [0, 0.05) is 11.1 Å². The molecule has 1 aliphatic rings. The molecule has 0 saturated carbocycles. The number of Topliss-reactive ketones (excluding diaryl/α,β-unsaturated/α-hetero) is 1. The van der Waals surface area contributed by atoms with E-state index in [9.17, 15) is 4.79 Å². The molecule has 1 unspecified atom stereocenters. The van der Waals surface area contributed by atoms with Crippen molar-refractivity contribution in [3.05, 3.63) is 64.2 Å². The van der Waals surface area contributed by atoms with Gasteiger partial charge >= 0.3 is 0 Å². The summed E-state index contributed by atoms with van der Waals surface area (Å²) in [6.45, 7) is 2.48. The summed E-state index contributed by atoms with van der Waals surface area (Å²) in [7, 11) is 0. The van der Waals surface area contributed by atoms with Gasteiger partial charge in [-0.2, -0.15) is 0 Å². The van der Waals surface area contributed by atoms with E-state index < -0.39 is 0 Å². The lowest BCUT2D eigenvalue weighted by molar-refractivity contribution is 0.0933. The molecule has 0 saturated heterocycles. The summed E-state index contributed by atoms with van der Waals surface area (Å²) < 4.78 is 5.61. The van der Waals surface area contributed by atoms with Gasteiger partial charge in [0.05, 0.1) is 17.5 Å². The Kier molecular flexibility index (Phi) is 3.49. The number of carbonyl (C=O) groups excluding carboxylic acids is 1. The first-order valence-electron chi connectivity index (χ1n) is 6.69. The summed E-state index contributed by atoms with van der Waals surface area (Å²) in [5.41, 5.74) is 2.49. The van der Waals surface area contributed by atoms with Crippen LogP contribution in [0.15, 0.2) is 42.5 Å². The van der Waals surface area contributed by atoms with E-state index in [1.807, 2.05) is 43.3 Å². The highest BCUT2D eigenvalue weighted by molar-refractivity contribution is 6.35. The van der Waals surface area contributed by atoms with Gasteiger partial charge in [-0.15, -0.1) is 0 Å². The third-order valence-electron chi connectivity index (χ3n) is 3.73. The van der Waals surface area contributed by atoms with Crippen molar-refractivity contribution >= 4 is 17.4 Å². The second-order valence-corrected chi connectivity index (χ2v) is 5.41. The molecule has 0 bridgehead atoms. The monoisotopic (exact) mass is 286 g/mol. The summed E-state index contributed by atoms with van der Waals surface area (Å²) in [4.78, 5) is 12.8. The molecule has 2 aromatic rings. The SMILES string of the molecule is Cc1cccc(C(=O)C2CCOc3ccccc32)c1Cl. The third-order valence-corrected chi connectivity index (χ3v) is 4.23. The highest BCUT2D eigenvalue weighted by Gasteiger charge is 2.29. The van der Waals surface area contributed by atoms with E-state index in [0.717, 1.165) is 16.9 Å². The first kappa shape index (κ1) is 13.2. The van der Waals surface area contributed by atoms with Crippen molar-refractivity contribution in [3.8, 4) is 5.75 Å². The van der Waals surface area contributed by atoms with Crippen LogP contribution in [0, 0.1) is 6.92 Å². The maximum Gasteiger partial charge on any atom is 0.172 e. The van der Waals surface area contributed by atoms with Crippen LogP contribution in [0.3, 0.4) is 0 Å². The van der Waals surface area contributed by atoms with Crippen LogP contribution in [0.5, 0.6) is 5.75 Å². The van der Waals surface area contributed by atoms with E-state index in [4.69, 9.17) is 16.3 Å². The Labute approximate surface area is 123 Å². The number of benzene rings is 2. The highest BCUT2D eigenvalue weighted by Crippen LogP contribution is 2.37. The zero-order chi connectivity index (χ0) is 14.1. The third kappa shape index (κ3) is 2.20. The first-order valence-corrected chi connectivity index (χ1v) is 7.07. The summed E-state index contributed by atoms with van der Waals surface area (Å²) in [6, 6.07) is 13.3. The Morgan fingerprint density at radius 2 is 2.00 bits per heavy atom. The maximum absolute atomic E-state index is 12.8. The Balaban J connectivity index is 2.02. The van der Waals surface area contributed by atoms with Gasteiger partial charge in [0.2, 0.25) is 0 Å². The van der Waals surface area contributed by atoms with E-state index in [2.05, 4.69) is 0 Å². The Morgan fingerprint density at radius 1 is 1.20 bits per heavy atom. The molecule has 20 heavy (non-hydrogen) atoms. The molecule has 0 radical (unpaired) electrons. The Bertz CT molecular complexity index is 664. The van der Waals surface area contributed by atoms with Crippen molar-refractivity contribution < 1.29 is 9.53 Å². The van der Waals surface area contributed by atoms with Crippen LogP contribution >= 0.6 is 11.6 Å². The van der Waals surface area contributed by atoms with Gasteiger partial charge in [-0.1, -0.05) is 41.9 Å². The molecular formula is C17H15ClO2. The minimum absolute atomic E-state index is 0.0782. The van der Waals surface area contributed by atoms with Crippen molar-refractivity contribution in [3.63, 3.8) is 0 Å². The zero-order valence-electron chi connectivity index (χ0n) is 11.2. The van der Waals surface area contributed by atoms with E-state index in [0.29, 0.717) is 23.6 Å². The van der Waals surface area contributed by atoms with Gasteiger partial charge in [0.15, 0.2) is 5.78 Å². The van der Waals surface area contributed by atoms with Gasteiger partial charge in [-0.05, 0) is 31.0 Å². The molecule has 1 atom stereocenters. The van der Waals surface area contributed by atoms with Crippen LogP contribution in [0.1, 0.15) is 33.8 Å². The van der Waals surface area contributed by atoms with Crippen LogP contribution in [-0.2, 0) is 0 Å². The number of fused-ring (bicyclic) bond motifs is 1. The minimum atomic E-state index is -0.167. The molecule has 0 aromatic heterocycles. The van der Waals surface area contributed by atoms with Crippen molar-refractivity contribution in [1.82, 2.24) is 0 Å².